The average molecular weight is 460 g/mol. The Labute approximate surface area is 191 Å². The molecule has 3 heterocycles. The molecule has 4 rings (SSSR count). The van der Waals surface area contributed by atoms with Crippen LogP contribution >= 0.6 is 23.5 Å². The van der Waals surface area contributed by atoms with Gasteiger partial charge < -0.3 is 14.0 Å². The van der Waals surface area contributed by atoms with E-state index in [4.69, 9.17) is 26.3 Å². The van der Waals surface area contributed by atoms with Crippen molar-refractivity contribution in [2.24, 2.45) is 0 Å². The van der Waals surface area contributed by atoms with Crippen LogP contribution in [0.5, 0.6) is 5.75 Å². The van der Waals surface area contributed by atoms with Gasteiger partial charge in [-0.05, 0) is 44.1 Å². The molecule has 0 aliphatic carbocycles. The summed E-state index contributed by atoms with van der Waals surface area (Å²) in [4.78, 5) is 0. The van der Waals surface area contributed by atoms with E-state index in [9.17, 15) is 0 Å². The highest BCUT2D eigenvalue weighted by Gasteiger charge is 2.22. The lowest BCUT2D eigenvalue weighted by Gasteiger charge is -2.22. The third kappa shape index (κ3) is 4.55. The van der Waals surface area contributed by atoms with Gasteiger partial charge in [0.1, 0.15) is 18.0 Å². The summed E-state index contributed by atoms with van der Waals surface area (Å²) in [5.41, 5.74) is 3.78. The molecule has 1 aliphatic rings. The maximum atomic E-state index is 9.06. The molecule has 0 saturated carbocycles. The maximum Gasteiger partial charge on any atom is 0.174 e. The molecule has 1 N–H and O–H groups in total. The van der Waals surface area contributed by atoms with Crippen LogP contribution in [0.15, 0.2) is 24.7 Å². The van der Waals surface area contributed by atoms with Crippen molar-refractivity contribution in [3.05, 3.63) is 35.2 Å². The van der Waals surface area contributed by atoms with Gasteiger partial charge in [0.25, 0.3) is 0 Å². The molecular formula is C22H26ClN5O2S. The van der Waals surface area contributed by atoms with Crippen LogP contribution < -0.4 is 9.46 Å². The van der Waals surface area contributed by atoms with Gasteiger partial charge in [-0.15, -0.1) is 0 Å². The molecule has 1 fully saturated rings. The molecule has 1 unspecified atom stereocenters. The zero-order chi connectivity index (χ0) is 21.8. The van der Waals surface area contributed by atoms with Crippen molar-refractivity contribution in [1.82, 2.24) is 19.1 Å². The van der Waals surface area contributed by atoms with Crippen LogP contribution in [-0.2, 0) is 11.3 Å². The number of nitrogens with one attached hydrogen (secondary N) is 1. The van der Waals surface area contributed by atoms with E-state index in [-0.39, 0.29) is 12.8 Å². The summed E-state index contributed by atoms with van der Waals surface area (Å²) in [7, 11) is 0. The Morgan fingerprint density at radius 3 is 3.03 bits per heavy atom. The summed E-state index contributed by atoms with van der Waals surface area (Å²) in [6.07, 6.45) is 11.2. The molecule has 0 bridgehead atoms. The second-order valence-electron chi connectivity index (χ2n) is 7.54. The number of halogens is 1. The first-order valence-electron chi connectivity index (χ1n) is 10.4. The van der Waals surface area contributed by atoms with Crippen molar-refractivity contribution >= 4 is 34.5 Å². The van der Waals surface area contributed by atoms with E-state index in [0.29, 0.717) is 10.8 Å². The highest BCUT2D eigenvalue weighted by Crippen LogP contribution is 2.42. The van der Waals surface area contributed by atoms with Crippen LogP contribution in [0.1, 0.15) is 31.1 Å². The Hall–Kier alpha value is -2.18. The molecule has 3 aromatic rings. The van der Waals surface area contributed by atoms with E-state index in [1.54, 1.807) is 11.9 Å². The van der Waals surface area contributed by atoms with Gasteiger partial charge in [-0.25, -0.2) is 4.68 Å². The van der Waals surface area contributed by atoms with Gasteiger partial charge in [0.05, 0.1) is 22.1 Å². The zero-order valence-electron chi connectivity index (χ0n) is 17.7. The fourth-order valence-corrected chi connectivity index (χ4v) is 4.57. The highest BCUT2D eigenvalue weighted by molar-refractivity contribution is 7.96. The van der Waals surface area contributed by atoms with Crippen LogP contribution in [-0.4, -0.2) is 40.4 Å². The minimum atomic E-state index is -0.0261. The quantitative estimate of drug-likeness (QED) is 0.380. The average Bonchev–Trinajstić information content (AvgIpc) is 3.42. The van der Waals surface area contributed by atoms with Gasteiger partial charge in [-0.3, -0.25) is 4.72 Å². The molecule has 9 heteroatoms. The first-order chi connectivity index (χ1) is 15.1. The third-order valence-corrected chi connectivity index (χ3v) is 6.45. The molecule has 7 nitrogen and oxygen atoms in total. The van der Waals surface area contributed by atoms with Gasteiger partial charge in [-0.1, -0.05) is 23.5 Å². The molecule has 31 heavy (non-hydrogen) atoms. The number of aryl methyl sites for hydroxylation is 1. The summed E-state index contributed by atoms with van der Waals surface area (Å²) < 4.78 is 19.0. The van der Waals surface area contributed by atoms with E-state index in [1.165, 1.54) is 0 Å². The lowest BCUT2D eigenvalue weighted by molar-refractivity contribution is -0.0394. The van der Waals surface area contributed by atoms with Gasteiger partial charge >= 0.3 is 0 Å². The van der Waals surface area contributed by atoms with Crippen LogP contribution in [0, 0.1) is 18.3 Å². The molecule has 164 valence electrons. The predicted molar refractivity (Wildman–Crippen MR) is 124 cm³/mol. The summed E-state index contributed by atoms with van der Waals surface area (Å²) >= 11 is 8.36. The van der Waals surface area contributed by atoms with Gasteiger partial charge in [0.15, 0.2) is 6.61 Å². The Balaban J connectivity index is 1.82. The molecule has 0 spiro atoms. The molecule has 0 radical (unpaired) electrons. The van der Waals surface area contributed by atoms with Crippen molar-refractivity contribution in [2.45, 2.75) is 39.0 Å². The van der Waals surface area contributed by atoms with Gasteiger partial charge in [-0.2, -0.15) is 10.4 Å². The van der Waals surface area contributed by atoms with E-state index < -0.39 is 0 Å². The summed E-state index contributed by atoms with van der Waals surface area (Å²) in [6.45, 7) is 4.24. The summed E-state index contributed by atoms with van der Waals surface area (Å²) in [5.74, 6) is 0.659. The fourth-order valence-electron chi connectivity index (χ4n) is 4.01. The number of fused-ring (bicyclic) bond motifs is 1. The number of hydrogen-bond acceptors (Lipinski definition) is 6. The van der Waals surface area contributed by atoms with Crippen molar-refractivity contribution in [3.8, 4) is 22.9 Å². The maximum absolute atomic E-state index is 9.06. The topological polar surface area (TPSA) is 77.0 Å². The Bertz CT molecular complexity index is 1100. The lowest BCUT2D eigenvalue weighted by atomic mass is 10.1. The minimum Gasteiger partial charge on any atom is -0.478 e. The van der Waals surface area contributed by atoms with Gasteiger partial charge in [0, 0.05) is 43.2 Å². The van der Waals surface area contributed by atoms with Crippen molar-refractivity contribution in [2.75, 3.05) is 26.0 Å². The van der Waals surface area contributed by atoms with E-state index in [0.717, 1.165) is 66.6 Å². The number of nitrogens with zero attached hydrogens (tertiary/aromatic N) is 4. The van der Waals surface area contributed by atoms with E-state index in [2.05, 4.69) is 26.7 Å². The third-order valence-electron chi connectivity index (χ3n) is 5.48. The smallest absolute Gasteiger partial charge is 0.174 e. The predicted octanol–water partition coefficient (Wildman–Crippen LogP) is 4.94. The SMILES string of the molecule is CSNCCn1cc(-c2cnn(C3CCCCO3)c2)c2c(OCC#N)cc(C)c(Cl)c21. The summed E-state index contributed by atoms with van der Waals surface area (Å²) in [6, 6.07) is 3.97. The first kappa shape index (κ1) is 22.0. The Morgan fingerprint density at radius 1 is 1.42 bits per heavy atom. The second-order valence-corrected chi connectivity index (χ2v) is 8.62. The molecule has 2 aromatic heterocycles. The number of nitriles is 1. The number of benzene rings is 1. The van der Waals surface area contributed by atoms with Crippen LogP contribution in [0.2, 0.25) is 5.02 Å². The standard InChI is InChI=1S/C22H26ClN5O2S/c1-15-11-18(29-10-6-24)20-17(14-27(8-7-26-31-2)22(20)21(15)23)16-12-25-28(13-16)19-5-3-4-9-30-19/h11-14,19,26H,3-5,7-10H2,1-2H3. The van der Waals surface area contributed by atoms with Crippen molar-refractivity contribution in [3.63, 3.8) is 0 Å². The number of ether oxygens (including phenoxy) is 2. The monoisotopic (exact) mass is 459 g/mol. The highest BCUT2D eigenvalue weighted by atomic mass is 35.5. The number of aromatic nitrogens is 3. The van der Waals surface area contributed by atoms with Crippen molar-refractivity contribution < 1.29 is 9.47 Å². The zero-order valence-corrected chi connectivity index (χ0v) is 19.3. The second kappa shape index (κ2) is 9.96. The Kier molecular flexibility index (Phi) is 7.08. The summed E-state index contributed by atoms with van der Waals surface area (Å²) in [5, 5.41) is 15.2. The van der Waals surface area contributed by atoms with E-state index in [1.807, 2.05) is 36.3 Å². The van der Waals surface area contributed by atoms with Gasteiger partial charge in [0.2, 0.25) is 0 Å². The number of rotatable bonds is 8. The van der Waals surface area contributed by atoms with Crippen LogP contribution in [0.25, 0.3) is 22.0 Å². The molecule has 1 aliphatic heterocycles. The largest absolute Gasteiger partial charge is 0.478 e. The number of hydrogen-bond donors (Lipinski definition) is 1. The molecule has 1 saturated heterocycles. The molecule has 1 atom stereocenters. The molecular weight excluding hydrogens is 434 g/mol. The lowest BCUT2D eigenvalue weighted by Crippen LogP contribution is -2.18. The van der Waals surface area contributed by atoms with E-state index >= 15 is 0 Å². The minimum absolute atomic E-state index is 0.0238. The normalized spacial score (nSPS) is 16.5. The van der Waals surface area contributed by atoms with Crippen LogP contribution in [0.3, 0.4) is 0 Å². The molecule has 1 aromatic carbocycles. The fraction of sp³-hybridized carbons (Fsp3) is 0.455. The van der Waals surface area contributed by atoms with Crippen molar-refractivity contribution in [1.29, 1.82) is 5.26 Å². The molecule has 0 amide bonds. The Morgan fingerprint density at radius 2 is 2.29 bits per heavy atom. The first-order valence-corrected chi connectivity index (χ1v) is 12.0. The van der Waals surface area contributed by atoms with Crippen LogP contribution in [0.4, 0.5) is 0 Å².